The fraction of sp³-hybridized carbons (Fsp3) is 0.478. The summed E-state index contributed by atoms with van der Waals surface area (Å²) in [4.78, 5) is 20.4. The number of pyridine rings is 1. The summed E-state index contributed by atoms with van der Waals surface area (Å²) in [7, 11) is 0. The molecule has 0 radical (unpaired) electrons. The Morgan fingerprint density at radius 1 is 1.12 bits per heavy atom. The number of anilines is 2. The van der Waals surface area contributed by atoms with Crippen LogP contribution in [0.5, 0.6) is 0 Å². The van der Waals surface area contributed by atoms with Crippen molar-refractivity contribution in [3.8, 4) is 0 Å². The maximum atomic E-state index is 12.7. The number of aromatic nitrogens is 1. The maximum absolute atomic E-state index is 12.7. The maximum Gasteiger partial charge on any atom is 0.433 e. The lowest BCUT2D eigenvalue weighted by Crippen LogP contribution is -2.38. The van der Waals surface area contributed by atoms with Crippen molar-refractivity contribution in [1.82, 2.24) is 10.3 Å². The molecule has 0 saturated carbocycles. The van der Waals surface area contributed by atoms with Crippen molar-refractivity contribution in [3.05, 3.63) is 53.9 Å². The normalized spacial score (nSPS) is 24.9. The molecule has 0 aliphatic carbocycles. The van der Waals surface area contributed by atoms with Gasteiger partial charge in [0.25, 0.3) is 0 Å². The third kappa shape index (κ3) is 4.39. The van der Waals surface area contributed by atoms with Crippen LogP contribution in [0.3, 0.4) is 0 Å². The van der Waals surface area contributed by atoms with Gasteiger partial charge in [-0.2, -0.15) is 13.2 Å². The van der Waals surface area contributed by atoms with Crippen molar-refractivity contribution in [3.63, 3.8) is 0 Å². The van der Waals surface area contributed by atoms with Gasteiger partial charge >= 0.3 is 6.18 Å². The zero-order chi connectivity index (χ0) is 22.3. The molecule has 3 fully saturated rings. The van der Waals surface area contributed by atoms with Gasteiger partial charge in [0.05, 0.1) is 37.1 Å². The fourth-order valence-electron chi connectivity index (χ4n) is 4.84. The summed E-state index contributed by atoms with van der Waals surface area (Å²) < 4.78 is 43.7. The molecule has 3 aliphatic heterocycles. The highest BCUT2D eigenvalue weighted by Crippen LogP contribution is 2.32. The number of nitrogens with one attached hydrogen (secondary N) is 1. The Hall–Kier alpha value is -2.81. The van der Waals surface area contributed by atoms with Crippen molar-refractivity contribution in [2.45, 2.75) is 43.6 Å². The van der Waals surface area contributed by atoms with Crippen LogP contribution in [0.1, 0.15) is 24.1 Å². The Morgan fingerprint density at radius 3 is 2.53 bits per heavy atom. The van der Waals surface area contributed by atoms with Crippen LogP contribution in [0.25, 0.3) is 0 Å². The molecular formula is C23H25F3N4O2. The molecular weight excluding hydrogens is 421 g/mol. The Bertz CT molecular complexity index is 965. The van der Waals surface area contributed by atoms with Crippen LogP contribution in [0.4, 0.5) is 24.5 Å². The number of benzene rings is 1. The Labute approximate surface area is 184 Å². The molecule has 2 bridgehead atoms. The van der Waals surface area contributed by atoms with Crippen molar-refractivity contribution in [1.29, 1.82) is 0 Å². The van der Waals surface area contributed by atoms with Crippen LogP contribution in [-0.4, -0.2) is 55.3 Å². The summed E-state index contributed by atoms with van der Waals surface area (Å²) in [5.41, 5.74) is 1.85. The number of amides is 1. The molecule has 3 atom stereocenters. The summed E-state index contributed by atoms with van der Waals surface area (Å²) >= 11 is 0. The minimum Gasteiger partial charge on any atom is -0.374 e. The minimum atomic E-state index is -4.44. The lowest BCUT2D eigenvalue weighted by atomic mass is 10.1. The quantitative estimate of drug-likeness (QED) is 0.765. The molecule has 170 valence electrons. The van der Waals surface area contributed by atoms with Crippen LogP contribution in [0.2, 0.25) is 0 Å². The van der Waals surface area contributed by atoms with Gasteiger partial charge in [-0.25, -0.2) is 4.98 Å². The van der Waals surface area contributed by atoms with Gasteiger partial charge in [-0.05, 0) is 42.7 Å². The molecule has 3 aliphatic rings. The van der Waals surface area contributed by atoms with Crippen LogP contribution < -0.4 is 15.1 Å². The number of nitrogens with zero attached hydrogens (tertiary/aromatic N) is 3. The summed E-state index contributed by atoms with van der Waals surface area (Å²) in [6.45, 7) is 2.93. The van der Waals surface area contributed by atoms with E-state index in [9.17, 15) is 18.0 Å². The average Bonchev–Trinajstić information content (AvgIpc) is 3.51. The number of carbonyl (C=O) groups excluding carboxylic acids is 1. The van der Waals surface area contributed by atoms with Gasteiger partial charge in [-0.15, -0.1) is 0 Å². The molecule has 1 aromatic heterocycles. The molecule has 5 rings (SSSR count). The number of hydrogen-bond donors (Lipinski definition) is 1. The Morgan fingerprint density at radius 2 is 1.91 bits per heavy atom. The van der Waals surface area contributed by atoms with Crippen LogP contribution in [0, 0.1) is 0 Å². The van der Waals surface area contributed by atoms with Crippen LogP contribution in [-0.2, 0) is 22.1 Å². The number of morpholine rings is 1. The third-order valence-corrected chi connectivity index (χ3v) is 6.49. The van der Waals surface area contributed by atoms with Gasteiger partial charge < -0.3 is 19.9 Å². The number of fused-ring (bicyclic) bond motifs is 2. The van der Waals surface area contributed by atoms with E-state index in [1.54, 1.807) is 0 Å². The summed E-state index contributed by atoms with van der Waals surface area (Å²) in [5, 5.41) is 3.05. The molecule has 1 amide bonds. The zero-order valence-corrected chi connectivity index (χ0v) is 17.5. The highest BCUT2D eigenvalue weighted by atomic mass is 19.4. The van der Waals surface area contributed by atoms with E-state index in [2.05, 4.69) is 27.3 Å². The van der Waals surface area contributed by atoms with Gasteiger partial charge in [0, 0.05) is 31.4 Å². The van der Waals surface area contributed by atoms with E-state index < -0.39 is 11.9 Å². The number of rotatable bonds is 5. The van der Waals surface area contributed by atoms with E-state index >= 15 is 0 Å². The summed E-state index contributed by atoms with van der Waals surface area (Å²) in [5.74, 6) is -0.0521. The highest BCUT2D eigenvalue weighted by Gasteiger charge is 2.39. The predicted octanol–water partition coefficient (Wildman–Crippen LogP) is 3.02. The number of alkyl halides is 3. The predicted molar refractivity (Wildman–Crippen MR) is 114 cm³/mol. The fourth-order valence-corrected chi connectivity index (χ4v) is 4.84. The molecule has 4 heterocycles. The Kier molecular flexibility index (Phi) is 5.44. The molecule has 6 nitrogen and oxygen atoms in total. The topological polar surface area (TPSA) is 57.7 Å². The van der Waals surface area contributed by atoms with Gasteiger partial charge in [0.15, 0.2) is 0 Å². The lowest BCUT2D eigenvalue weighted by molar-refractivity contribution is -0.141. The van der Waals surface area contributed by atoms with Gasteiger partial charge in [0.2, 0.25) is 5.91 Å². The van der Waals surface area contributed by atoms with E-state index in [4.69, 9.17) is 4.74 Å². The minimum absolute atomic E-state index is 0.0378. The van der Waals surface area contributed by atoms with Crippen molar-refractivity contribution in [2.24, 2.45) is 0 Å². The first-order valence-electron chi connectivity index (χ1n) is 10.9. The molecule has 2 aromatic rings. The van der Waals surface area contributed by atoms with Gasteiger partial charge in [-0.3, -0.25) is 4.79 Å². The van der Waals surface area contributed by atoms with E-state index in [1.165, 1.54) is 18.0 Å². The number of carbonyl (C=O) groups is 1. The first kappa shape index (κ1) is 21.1. The van der Waals surface area contributed by atoms with Crippen LogP contribution in [0.15, 0.2) is 42.6 Å². The lowest BCUT2D eigenvalue weighted by Gasteiger charge is -2.29. The van der Waals surface area contributed by atoms with Crippen molar-refractivity contribution < 1.29 is 22.7 Å². The van der Waals surface area contributed by atoms with E-state index in [0.29, 0.717) is 37.3 Å². The van der Waals surface area contributed by atoms with Gasteiger partial charge in [0.1, 0.15) is 5.69 Å². The molecule has 1 N–H and O–H groups in total. The van der Waals surface area contributed by atoms with E-state index in [-0.39, 0.29) is 11.9 Å². The third-order valence-electron chi connectivity index (χ3n) is 6.49. The van der Waals surface area contributed by atoms with Crippen molar-refractivity contribution in [2.75, 3.05) is 36.0 Å². The SMILES string of the molecule is O=C(Cc1ccc(N2C[C@H]3C[C@@H]2CO3)cc1)NC1CCN(c2ccc(C(F)(F)F)nc2)C1. The van der Waals surface area contributed by atoms with E-state index in [1.807, 2.05) is 17.0 Å². The van der Waals surface area contributed by atoms with Gasteiger partial charge in [-0.1, -0.05) is 12.1 Å². The molecule has 1 aromatic carbocycles. The molecule has 32 heavy (non-hydrogen) atoms. The number of hydrogen-bond acceptors (Lipinski definition) is 5. The average molecular weight is 446 g/mol. The smallest absolute Gasteiger partial charge is 0.374 e. The largest absolute Gasteiger partial charge is 0.433 e. The molecule has 1 unspecified atom stereocenters. The molecule has 3 saturated heterocycles. The second-order valence-electron chi connectivity index (χ2n) is 8.74. The van der Waals surface area contributed by atoms with Crippen molar-refractivity contribution >= 4 is 17.3 Å². The first-order valence-corrected chi connectivity index (χ1v) is 10.9. The second kappa shape index (κ2) is 8.27. The summed E-state index contributed by atoms with van der Waals surface area (Å²) in [6.07, 6.45) is -0.729. The Balaban J connectivity index is 1.12. The first-order chi connectivity index (χ1) is 15.3. The molecule has 0 spiro atoms. The summed E-state index contributed by atoms with van der Waals surface area (Å²) in [6, 6.07) is 11.0. The second-order valence-corrected chi connectivity index (χ2v) is 8.74. The monoisotopic (exact) mass is 446 g/mol. The standard InChI is InChI=1S/C23H25F3N4O2/c24-23(25,26)21-6-5-18(11-27-21)29-8-7-16(12-29)28-22(31)9-15-1-3-17(4-2-15)30-13-20-10-19(30)14-32-20/h1-6,11,16,19-20H,7-10,12-14H2,(H,28,31)/t16?,19-,20-/m1/s1. The number of ether oxygens (including phenoxy) is 1. The zero-order valence-electron chi connectivity index (χ0n) is 17.5. The highest BCUT2D eigenvalue weighted by molar-refractivity contribution is 5.79. The van der Waals surface area contributed by atoms with E-state index in [0.717, 1.165) is 37.6 Å². The number of halogens is 3. The molecule has 9 heteroatoms. The van der Waals surface area contributed by atoms with Crippen LogP contribution >= 0.6 is 0 Å².